The van der Waals surface area contributed by atoms with E-state index >= 15 is 0 Å². The van der Waals surface area contributed by atoms with E-state index in [-0.39, 0.29) is 34.7 Å². The van der Waals surface area contributed by atoms with E-state index in [0.717, 1.165) is 29.7 Å². The molecule has 0 unspecified atom stereocenters. The normalized spacial score (nSPS) is 16.1. The van der Waals surface area contributed by atoms with Gasteiger partial charge in [-0.2, -0.15) is 0 Å². The SMILES string of the molecule is CC1(O)CCN(C(=O)c2csc3c(=O)[nH]c(-c4ccc(-c5ccc(C6CCN(C(=O)c7csc8c(=O)[nH]c(-c9ccccn9)nc78)CC6)cn5)cn4)nc23)CC1. The van der Waals surface area contributed by atoms with Crippen LogP contribution >= 0.6 is 22.7 Å². The number of pyridine rings is 3. The van der Waals surface area contributed by atoms with Gasteiger partial charge in [-0.3, -0.25) is 34.1 Å². The fraction of sp³-hybridized carbons (Fsp3) is 0.275. The minimum Gasteiger partial charge on any atom is -0.390 e. The zero-order valence-corrected chi connectivity index (χ0v) is 31.8. The van der Waals surface area contributed by atoms with Crippen molar-refractivity contribution in [1.29, 1.82) is 0 Å². The number of nitrogens with zero attached hydrogens (tertiary/aromatic N) is 7. The van der Waals surface area contributed by atoms with E-state index in [9.17, 15) is 24.3 Å². The van der Waals surface area contributed by atoms with Crippen molar-refractivity contribution in [2.24, 2.45) is 0 Å². The molecule has 282 valence electrons. The Kier molecular flexibility index (Phi) is 9.10. The Hall–Kier alpha value is -5.97. The van der Waals surface area contributed by atoms with Crippen LogP contribution in [-0.4, -0.2) is 93.4 Å². The maximum atomic E-state index is 13.7. The van der Waals surface area contributed by atoms with Crippen LogP contribution in [-0.2, 0) is 0 Å². The molecule has 0 bridgehead atoms. The van der Waals surface area contributed by atoms with E-state index in [0.29, 0.717) is 87.8 Å². The molecule has 16 heteroatoms. The largest absolute Gasteiger partial charge is 0.390 e. The summed E-state index contributed by atoms with van der Waals surface area (Å²) in [6, 6.07) is 13.0. The van der Waals surface area contributed by atoms with Crippen LogP contribution in [0, 0.1) is 0 Å². The number of hydrogen-bond donors (Lipinski definition) is 3. The van der Waals surface area contributed by atoms with Crippen molar-refractivity contribution in [2.45, 2.75) is 44.1 Å². The third kappa shape index (κ3) is 6.69. The lowest BCUT2D eigenvalue weighted by Crippen LogP contribution is -2.45. The van der Waals surface area contributed by atoms with Crippen LogP contribution in [0.15, 0.2) is 81.4 Å². The van der Waals surface area contributed by atoms with Gasteiger partial charge in [0.05, 0.1) is 22.4 Å². The van der Waals surface area contributed by atoms with Crippen molar-refractivity contribution in [3.63, 3.8) is 0 Å². The summed E-state index contributed by atoms with van der Waals surface area (Å²) in [6.45, 7) is 3.78. The van der Waals surface area contributed by atoms with Gasteiger partial charge in [0, 0.05) is 61.1 Å². The molecule has 0 saturated carbocycles. The van der Waals surface area contributed by atoms with Crippen molar-refractivity contribution in [3.8, 4) is 34.3 Å². The standard InChI is InChI=1S/C40H35N9O5S2/c1-40(54)11-16-49(17-12-40)39(53)26-21-56-33-31(26)45-35(47-37(33)51)29-8-6-24(19-43-29)27-7-5-23(18-42-27)22-9-14-48(15-10-22)38(52)25-20-55-32-30(25)44-34(46-36(32)50)28-4-2-3-13-41-28/h2-8,13,18-22,54H,9-12,14-17H2,1H3,(H,44,46,50)(H,45,47,51). The maximum Gasteiger partial charge on any atom is 0.269 e. The van der Waals surface area contributed by atoms with E-state index in [1.807, 2.05) is 29.3 Å². The molecular formula is C40H35N9O5S2. The van der Waals surface area contributed by atoms with Crippen molar-refractivity contribution >= 4 is 54.9 Å². The van der Waals surface area contributed by atoms with Crippen LogP contribution < -0.4 is 11.1 Å². The van der Waals surface area contributed by atoms with E-state index in [2.05, 4.69) is 36.0 Å². The highest BCUT2D eigenvalue weighted by molar-refractivity contribution is 7.17. The van der Waals surface area contributed by atoms with Gasteiger partial charge in [0.2, 0.25) is 0 Å². The molecule has 56 heavy (non-hydrogen) atoms. The molecule has 14 nitrogen and oxygen atoms in total. The number of carbonyl (C=O) groups excluding carboxylic acids is 2. The molecule has 0 radical (unpaired) electrons. The summed E-state index contributed by atoms with van der Waals surface area (Å²) in [6.07, 6.45) is 7.70. The van der Waals surface area contributed by atoms with Crippen LogP contribution in [0.2, 0.25) is 0 Å². The molecular weight excluding hydrogens is 751 g/mol. The van der Waals surface area contributed by atoms with Crippen molar-refractivity contribution < 1.29 is 14.7 Å². The Morgan fingerprint density at radius 3 is 1.84 bits per heavy atom. The average Bonchev–Trinajstić information content (AvgIpc) is 3.87. The fourth-order valence-electron chi connectivity index (χ4n) is 7.36. The predicted octanol–water partition coefficient (Wildman–Crippen LogP) is 5.48. The first-order valence-corrected chi connectivity index (χ1v) is 20.1. The van der Waals surface area contributed by atoms with E-state index < -0.39 is 5.60 Å². The lowest BCUT2D eigenvalue weighted by atomic mass is 9.90. The first-order chi connectivity index (χ1) is 27.1. The Labute approximate surface area is 327 Å². The summed E-state index contributed by atoms with van der Waals surface area (Å²) >= 11 is 2.40. The Morgan fingerprint density at radius 2 is 1.30 bits per heavy atom. The minimum atomic E-state index is -0.786. The summed E-state index contributed by atoms with van der Waals surface area (Å²) in [5.74, 6) is 0.486. The molecule has 0 aromatic carbocycles. The van der Waals surface area contributed by atoms with Gasteiger partial charge in [-0.25, -0.2) is 9.97 Å². The number of likely N-dealkylation sites (tertiary alicyclic amines) is 2. The van der Waals surface area contributed by atoms with Crippen LogP contribution in [0.1, 0.15) is 64.8 Å². The summed E-state index contributed by atoms with van der Waals surface area (Å²) in [5, 5.41) is 13.7. The summed E-state index contributed by atoms with van der Waals surface area (Å²) in [5.41, 5.74) is 3.73. The quantitative estimate of drug-likeness (QED) is 0.195. The molecule has 2 fully saturated rings. The van der Waals surface area contributed by atoms with Crippen LogP contribution in [0.5, 0.6) is 0 Å². The zero-order valence-electron chi connectivity index (χ0n) is 30.2. The third-order valence-electron chi connectivity index (χ3n) is 10.7. The van der Waals surface area contributed by atoms with E-state index in [4.69, 9.17) is 4.98 Å². The molecule has 2 aliphatic rings. The number of carbonyl (C=O) groups is 2. The lowest BCUT2D eigenvalue weighted by molar-refractivity contribution is -0.00197. The number of fused-ring (bicyclic) bond motifs is 2. The molecule has 2 amide bonds. The second-order valence-electron chi connectivity index (χ2n) is 14.5. The molecule has 9 heterocycles. The number of aromatic nitrogens is 7. The van der Waals surface area contributed by atoms with E-state index in [1.54, 1.807) is 53.2 Å². The molecule has 7 aromatic rings. The predicted molar refractivity (Wildman–Crippen MR) is 214 cm³/mol. The smallest absolute Gasteiger partial charge is 0.269 e. The van der Waals surface area contributed by atoms with Gasteiger partial charge < -0.3 is 24.9 Å². The van der Waals surface area contributed by atoms with Gasteiger partial charge in [0.1, 0.15) is 31.8 Å². The van der Waals surface area contributed by atoms with Crippen molar-refractivity contribution in [1.82, 2.24) is 44.7 Å². The molecule has 9 rings (SSSR count). The van der Waals surface area contributed by atoms with Crippen molar-refractivity contribution in [2.75, 3.05) is 26.2 Å². The monoisotopic (exact) mass is 785 g/mol. The van der Waals surface area contributed by atoms with Gasteiger partial charge in [0.15, 0.2) is 11.6 Å². The van der Waals surface area contributed by atoms with E-state index in [1.165, 1.54) is 22.7 Å². The number of aliphatic hydroxyl groups is 1. The Morgan fingerprint density at radius 1 is 0.732 bits per heavy atom. The number of thiophene rings is 2. The minimum absolute atomic E-state index is 0.138. The average molecular weight is 786 g/mol. The van der Waals surface area contributed by atoms with Crippen LogP contribution in [0.3, 0.4) is 0 Å². The lowest BCUT2D eigenvalue weighted by Gasteiger charge is -2.35. The molecule has 2 saturated heterocycles. The fourth-order valence-corrected chi connectivity index (χ4v) is 9.10. The topological polar surface area (TPSA) is 191 Å². The zero-order chi connectivity index (χ0) is 38.6. The van der Waals surface area contributed by atoms with Gasteiger partial charge in [-0.1, -0.05) is 12.1 Å². The summed E-state index contributed by atoms with van der Waals surface area (Å²) in [4.78, 5) is 85.0. The second kappa shape index (κ2) is 14.3. The highest BCUT2D eigenvalue weighted by Crippen LogP contribution is 2.32. The number of nitrogens with one attached hydrogen (secondary N) is 2. The number of aromatic amines is 2. The second-order valence-corrected chi connectivity index (χ2v) is 16.2. The molecule has 0 spiro atoms. The molecule has 7 aromatic heterocycles. The van der Waals surface area contributed by atoms with Crippen LogP contribution in [0.4, 0.5) is 0 Å². The third-order valence-corrected chi connectivity index (χ3v) is 12.6. The number of amides is 2. The summed E-state index contributed by atoms with van der Waals surface area (Å²) in [7, 11) is 0. The van der Waals surface area contributed by atoms with Gasteiger partial charge >= 0.3 is 0 Å². The van der Waals surface area contributed by atoms with Crippen molar-refractivity contribution in [3.05, 3.63) is 109 Å². The highest BCUT2D eigenvalue weighted by atomic mass is 32.1. The molecule has 3 N–H and O–H groups in total. The number of hydrogen-bond acceptors (Lipinski definition) is 12. The number of rotatable bonds is 6. The van der Waals surface area contributed by atoms with Gasteiger partial charge in [-0.15, -0.1) is 22.7 Å². The molecule has 0 atom stereocenters. The van der Waals surface area contributed by atoms with Gasteiger partial charge in [0.25, 0.3) is 22.9 Å². The number of H-pyrrole nitrogens is 2. The number of piperidine rings is 2. The van der Waals surface area contributed by atoms with Crippen LogP contribution in [0.25, 0.3) is 54.7 Å². The first-order valence-electron chi connectivity index (χ1n) is 18.3. The summed E-state index contributed by atoms with van der Waals surface area (Å²) < 4.78 is 0.791. The highest BCUT2D eigenvalue weighted by Gasteiger charge is 2.32. The Balaban J connectivity index is 0.862. The molecule has 2 aliphatic heterocycles. The molecule has 0 aliphatic carbocycles. The maximum absolute atomic E-state index is 13.7. The van der Waals surface area contributed by atoms with Gasteiger partial charge in [-0.05, 0) is 74.4 Å². The Bertz CT molecular complexity index is 2720. The first kappa shape index (κ1) is 35.7.